The fraction of sp³-hybridized carbons (Fsp3) is 0.0667. The predicted molar refractivity (Wildman–Crippen MR) is 129 cm³/mol. The Hall–Kier alpha value is -3.64. The molecule has 0 N–H and O–H groups in total. The van der Waals surface area contributed by atoms with Gasteiger partial charge in [0.1, 0.15) is 0 Å². The standard InChI is InChI=1S/C30H22/c1-3-8-21(9-4-1)18-24-14-15-25-20-26(19-22-10-5-2-6-11-22)27-13-7-12-23-16-17-28(24)30(25)29(23)27/h1-17,20H,18-19H2. The predicted octanol–water partition coefficient (Wildman–Crippen LogP) is 7.77. The quantitative estimate of drug-likeness (QED) is 0.273. The molecule has 0 fully saturated rings. The summed E-state index contributed by atoms with van der Waals surface area (Å²) in [5.41, 5.74) is 5.52. The summed E-state index contributed by atoms with van der Waals surface area (Å²) < 4.78 is 0. The smallest absolute Gasteiger partial charge is 0.00194 e. The van der Waals surface area contributed by atoms with Gasteiger partial charge < -0.3 is 0 Å². The lowest BCUT2D eigenvalue weighted by molar-refractivity contribution is 1.21. The van der Waals surface area contributed by atoms with Crippen molar-refractivity contribution in [1.82, 2.24) is 0 Å². The lowest BCUT2D eigenvalue weighted by atomic mass is 9.87. The van der Waals surface area contributed by atoms with Crippen molar-refractivity contribution in [3.05, 3.63) is 131 Å². The summed E-state index contributed by atoms with van der Waals surface area (Å²) in [4.78, 5) is 0. The minimum Gasteiger partial charge on any atom is -0.0622 e. The maximum atomic E-state index is 2.41. The van der Waals surface area contributed by atoms with Gasteiger partial charge in [0.05, 0.1) is 0 Å². The van der Waals surface area contributed by atoms with Crippen molar-refractivity contribution in [3.63, 3.8) is 0 Å². The van der Waals surface area contributed by atoms with Crippen LogP contribution in [0.5, 0.6) is 0 Å². The van der Waals surface area contributed by atoms with E-state index in [1.54, 1.807) is 0 Å². The molecule has 0 saturated carbocycles. The average Bonchev–Trinajstić information content (AvgIpc) is 2.80. The van der Waals surface area contributed by atoms with E-state index >= 15 is 0 Å². The van der Waals surface area contributed by atoms with Crippen molar-refractivity contribution < 1.29 is 0 Å². The van der Waals surface area contributed by atoms with Gasteiger partial charge in [-0.05, 0) is 67.4 Å². The first kappa shape index (κ1) is 17.2. The van der Waals surface area contributed by atoms with Crippen molar-refractivity contribution >= 4 is 32.3 Å². The van der Waals surface area contributed by atoms with E-state index in [4.69, 9.17) is 0 Å². The number of hydrogen-bond acceptors (Lipinski definition) is 0. The van der Waals surface area contributed by atoms with Crippen molar-refractivity contribution in [3.8, 4) is 0 Å². The largest absolute Gasteiger partial charge is 0.0622 e. The SMILES string of the molecule is c1ccc(Cc2cc3ccc(Cc4ccccc4)c4ccc5cccc2c5c34)cc1. The second-order valence-electron chi connectivity index (χ2n) is 8.20. The molecule has 0 unspecified atom stereocenters. The van der Waals surface area contributed by atoms with Crippen LogP contribution in [0.4, 0.5) is 0 Å². The van der Waals surface area contributed by atoms with E-state index in [1.807, 2.05) is 0 Å². The van der Waals surface area contributed by atoms with Gasteiger partial charge >= 0.3 is 0 Å². The van der Waals surface area contributed by atoms with Gasteiger partial charge in [0, 0.05) is 0 Å². The fourth-order valence-corrected chi connectivity index (χ4v) is 4.90. The minimum atomic E-state index is 0.960. The highest BCUT2D eigenvalue weighted by Crippen LogP contribution is 2.38. The summed E-state index contributed by atoms with van der Waals surface area (Å²) in [6.07, 6.45) is 1.92. The third-order valence-electron chi connectivity index (χ3n) is 6.29. The Morgan fingerprint density at radius 1 is 0.400 bits per heavy atom. The molecule has 0 aliphatic carbocycles. The molecule has 0 amide bonds. The highest BCUT2D eigenvalue weighted by atomic mass is 14.2. The summed E-state index contributed by atoms with van der Waals surface area (Å²) in [5.74, 6) is 0. The molecule has 30 heavy (non-hydrogen) atoms. The van der Waals surface area contributed by atoms with E-state index in [9.17, 15) is 0 Å². The van der Waals surface area contributed by atoms with Crippen LogP contribution in [0.1, 0.15) is 22.3 Å². The van der Waals surface area contributed by atoms with Crippen molar-refractivity contribution in [1.29, 1.82) is 0 Å². The first-order valence-corrected chi connectivity index (χ1v) is 10.6. The summed E-state index contributed by atoms with van der Waals surface area (Å²) in [5, 5.41) is 8.26. The van der Waals surface area contributed by atoms with Gasteiger partial charge in [0.2, 0.25) is 0 Å². The normalized spacial score (nSPS) is 11.6. The van der Waals surface area contributed by atoms with Crippen LogP contribution in [0.15, 0.2) is 109 Å². The monoisotopic (exact) mass is 382 g/mol. The number of benzene rings is 6. The average molecular weight is 383 g/mol. The summed E-state index contributed by atoms with van der Waals surface area (Å²) >= 11 is 0. The van der Waals surface area contributed by atoms with Gasteiger partial charge in [0.25, 0.3) is 0 Å². The zero-order chi connectivity index (χ0) is 19.9. The summed E-state index contributed by atoms with van der Waals surface area (Å²) in [6, 6.07) is 40.0. The zero-order valence-corrected chi connectivity index (χ0v) is 16.8. The maximum Gasteiger partial charge on any atom is -0.00194 e. The second kappa shape index (κ2) is 7.00. The first-order chi connectivity index (χ1) is 14.9. The number of hydrogen-bond donors (Lipinski definition) is 0. The molecule has 142 valence electrons. The molecule has 0 aliphatic heterocycles. The topological polar surface area (TPSA) is 0 Å². The van der Waals surface area contributed by atoms with E-state index in [0.717, 1.165) is 12.8 Å². The van der Waals surface area contributed by atoms with E-state index in [0.29, 0.717) is 0 Å². The molecule has 0 heterocycles. The lowest BCUT2D eigenvalue weighted by Gasteiger charge is -2.17. The summed E-state index contributed by atoms with van der Waals surface area (Å²) in [6.45, 7) is 0. The van der Waals surface area contributed by atoms with Gasteiger partial charge in [-0.25, -0.2) is 0 Å². The third kappa shape index (κ3) is 2.84. The molecule has 0 nitrogen and oxygen atoms in total. The van der Waals surface area contributed by atoms with Crippen LogP contribution in [0.3, 0.4) is 0 Å². The Morgan fingerprint density at radius 3 is 1.73 bits per heavy atom. The van der Waals surface area contributed by atoms with Crippen LogP contribution >= 0.6 is 0 Å². The highest BCUT2D eigenvalue weighted by Gasteiger charge is 2.14. The Morgan fingerprint density at radius 2 is 1.00 bits per heavy atom. The molecule has 6 aromatic rings. The maximum absolute atomic E-state index is 2.41. The van der Waals surface area contributed by atoms with E-state index < -0.39 is 0 Å². The van der Waals surface area contributed by atoms with Gasteiger partial charge in [-0.15, -0.1) is 0 Å². The fourth-order valence-electron chi connectivity index (χ4n) is 4.90. The Kier molecular flexibility index (Phi) is 4.02. The molecule has 0 saturated heterocycles. The molecule has 0 bridgehead atoms. The molecular weight excluding hydrogens is 360 g/mol. The van der Waals surface area contributed by atoms with Crippen LogP contribution in [0.2, 0.25) is 0 Å². The zero-order valence-electron chi connectivity index (χ0n) is 16.8. The van der Waals surface area contributed by atoms with E-state index in [-0.39, 0.29) is 0 Å². The van der Waals surface area contributed by atoms with E-state index in [1.165, 1.54) is 54.6 Å². The van der Waals surface area contributed by atoms with Crippen molar-refractivity contribution in [2.24, 2.45) is 0 Å². The van der Waals surface area contributed by atoms with Crippen LogP contribution in [-0.2, 0) is 12.8 Å². The van der Waals surface area contributed by atoms with Crippen LogP contribution < -0.4 is 0 Å². The molecule has 0 atom stereocenters. The van der Waals surface area contributed by atoms with Gasteiger partial charge in [-0.2, -0.15) is 0 Å². The lowest BCUT2D eigenvalue weighted by Crippen LogP contribution is -1.95. The van der Waals surface area contributed by atoms with Crippen LogP contribution in [-0.4, -0.2) is 0 Å². The molecule has 0 spiro atoms. The molecule has 0 heteroatoms. The van der Waals surface area contributed by atoms with Crippen LogP contribution in [0.25, 0.3) is 32.3 Å². The Bertz CT molecular complexity index is 1460. The summed E-state index contributed by atoms with van der Waals surface area (Å²) in [7, 11) is 0. The second-order valence-corrected chi connectivity index (χ2v) is 8.20. The van der Waals surface area contributed by atoms with Gasteiger partial charge in [0.15, 0.2) is 0 Å². The molecule has 0 aromatic heterocycles. The molecule has 6 aromatic carbocycles. The molecular formula is C30H22. The third-order valence-corrected chi connectivity index (χ3v) is 6.29. The molecule has 0 aliphatic rings. The minimum absolute atomic E-state index is 0.960. The Balaban J connectivity index is 1.59. The van der Waals surface area contributed by atoms with Gasteiger partial charge in [-0.3, -0.25) is 0 Å². The van der Waals surface area contributed by atoms with Crippen molar-refractivity contribution in [2.75, 3.05) is 0 Å². The molecule has 0 radical (unpaired) electrons. The van der Waals surface area contributed by atoms with Gasteiger partial charge in [-0.1, -0.05) is 109 Å². The number of rotatable bonds is 4. The van der Waals surface area contributed by atoms with E-state index in [2.05, 4.69) is 109 Å². The van der Waals surface area contributed by atoms with Crippen LogP contribution in [0, 0.1) is 0 Å². The first-order valence-electron chi connectivity index (χ1n) is 10.6. The Labute approximate surface area is 176 Å². The molecule has 6 rings (SSSR count). The highest BCUT2D eigenvalue weighted by molar-refractivity contribution is 6.24. The van der Waals surface area contributed by atoms with Crippen molar-refractivity contribution in [2.45, 2.75) is 12.8 Å².